The Balaban J connectivity index is 1.45. The lowest BCUT2D eigenvalue weighted by atomic mass is 10.1. The number of aryl methyl sites for hydroxylation is 1. The number of nitrogens with one attached hydrogen (secondary N) is 2. The van der Waals surface area contributed by atoms with Crippen LogP contribution in [-0.2, 0) is 6.42 Å². The average molecular weight is 367 g/mol. The molecule has 0 fully saturated rings. The van der Waals surface area contributed by atoms with Gasteiger partial charge in [0.15, 0.2) is 5.82 Å². The van der Waals surface area contributed by atoms with Crippen molar-refractivity contribution in [2.45, 2.75) is 12.8 Å². The molecular weight excluding hydrogens is 348 g/mol. The van der Waals surface area contributed by atoms with Gasteiger partial charge in [0.1, 0.15) is 5.82 Å². The number of carbonyl (C=O) groups excluding carboxylic acids is 1. The van der Waals surface area contributed by atoms with Crippen LogP contribution in [0.3, 0.4) is 0 Å². The molecule has 3 aromatic rings. The summed E-state index contributed by atoms with van der Waals surface area (Å²) < 4.78 is 0. The molecule has 3 rings (SSSR count). The van der Waals surface area contributed by atoms with Crippen molar-refractivity contribution in [3.05, 3.63) is 82.9 Å². The van der Waals surface area contributed by atoms with Gasteiger partial charge in [0.2, 0.25) is 0 Å². The molecule has 1 aromatic heterocycles. The highest BCUT2D eigenvalue weighted by atomic mass is 35.5. The first-order valence-corrected chi connectivity index (χ1v) is 8.77. The highest BCUT2D eigenvalue weighted by Gasteiger charge is 2.07. The van der Waals surface area contributed by atoms with Crippen LogP contribution in [0.4, 0.5) is 11.6 Å². The zero-order valence-corrected chi connectivity index (χ0v) is 14.9. The minimum absolute atomic E-state index is 0.250. The third kappa shape index (κ3) is 5.29. The van der Waals surface area contributed by atoms with Crippen molar-refractivity contribution < 1.29 is 4.79 Å². The normalized spacial score (nSPS) is 10.3. The van der Waals surface area contributed by atoms with Crippen LogP contribution in [0.5, 0.6) is 0 Å². The van der Waals surface area contributed by atoms with E-state index in [0.29, 0.717) is 22.2 Å². The van der Waals surface area contributed by atoms with Gasteiger partial charge in [-0.25, -0.2) is 0 Å². The van der Waals surface area contributed by atoms with Crippen LogP contribution in [0.15, 0.2) is 66.7 Å². The lowest BCUT2D eigenvalue weighted by Gasteiger charge is -2.07. The Labute approximate surface area is 157 Å². The van der Waals surface area contributed by atoms with E-state index in [1.54, 1.807) is 36.4 Å². The fourth-order valence-electron chi connectivity index (χ4n) is 2.44. The van der Waals surface area contributed by atoms with Crippen molar-refractivity contribution in [2.75, 3.05) is 17.2 Å². The van der Waals surface area contributed by atoms with Crippen molar-refractivity contribution in [1.29, 1.82) is 0 Å². The summed E-state index contributed by atoms with van der Waals surface area (Å²) in [6, 6.07) is 20.5. The predicted molar refractivity (Wildman–Crippen MR) is 105 cm³/mol. The second-order valence-corrected chi connectivity index (χ2v) is 6.22. The molecule has 0 aliphatic carbocycles. The van der Waals surface area contributed by atoms with Crippen molar-refractivity contribution in [3.63, 3.8) is 0 Å². The van der Waals surface area contributed by atoms with Gasteiger partial charge in [0.05, 0.1) is 0 Å². The summed E-state index contributed by atoms with van der Waals surface area (Å²) in [5, 5.41) is 14.6. The van der Waals surface area contributed by atoms with E-state index in [0.717, 1.165) is 19.4 Å². The molecule has 0 unspecified atom stereocenters. The Hall–Kier alpha value is -2.92. The zero-order chi connectivity index (χ0) is 18.2. The number of hydrogen-bond donors (Lipinski definition) is 2. The van der Waals surface area contributed by atoms with Crippen LogP contribution in [0.25, 0.3) is 0 Å². The van der Waals surface area contributed by atoms with Crippen LogP contribution in [-0.4, -0.2) is 22.6 Å². The third-order valence-electron chi connectivity index (χ3n) is 3.80. The first-order valence-electron chi connectivity index (χ1n) is 8.39. The largest absolute Gasteiger partial charge is 0.369 e. The number of halogens is 1. The van der Waals surface area contributed by atoms with Crippen LogP contribution >= 0.6 is 11.6 Å². The lowest BCUT2D eigenvalue weighted by molar-refractivity contribution is 0.102. The number of amides is 1. The number of hydrogen-bond acceptors (Lipinski definition) is 4. The summed E-state index contributed by atoms with van der Waals surface area (Å²) in [7, 11) is 0. The number of rotatable bonds is 7. The van der Waals surface area contributed by atoms with Gasteiger partial charge in [-0.3, -0.25) is 4.79 Å². The molecule has 0 aliphatic rings. The highest BCUT2D eigenvalue weighted by Crippen LogP contribution is 2.12. The van der Waals surface area contributed by atoms with Gasteiger partial charge in [0.25, 0.3) is 5.91 Å². The quantitative estimate of drug-likeness (QED) is 0.607. The van der Waals surface area contributed by atoms with E-state index in [-0.39, 0.29) is 5.91 Å². The van der Waals surface area contributed by atoms with Gasteiger partial charge in [-0.2, -0.15) is 0 Å². The van der Waals surface area contributed by atoms with E-state index >= 15 is 0 Å². The molecule has 1 heterocycles. The van der Waals surface area contributed by atoms with Crippen molar-refractivity contribution in [3.8, 4) is 0 Å². The number of carbonyl (C=O) groups is 1. The smallest absolute Gasteiger partial charge is 0.256 e. The van der Waals surface area contributed by atoms with Gasteiger partial charge in [-0.15, -0.1) is 10.2 Å². The Bertz CT molecular complexity index is 836. The summed E-state index contributed by atoms with van der Waals surface area (Å²) in [6.45, 7) is 0.806. The molecule has 1 amide bonds. The Morgan fingerprint density at radius 2 is 1.58 bits per heavy atom. The molecule has 5 nitrogen and oxygen atoms in total. The van der Waals surface area contributed by atoms with Gasteiger partial charge in [-0.1, -0.05) is 41.9 Å². The van der Waals surface area contributed by atoms with E-state index in [1.165, 1.54) is 5.56 Å². The average Bonchev–Trinajstić information content (AvgIpc) is 2.68. The van der Waals surface area contributed by atoms with Crippen LogP contribution in [0.2, 0.25) is 5.02 Å². The predicted octanol–water partition coefficient (Wildman–Crippen LogP) is 4.43. The summed E-state index contributed by atoms with van der Waals surface area (Å²) >= 11 is 5.82. The monoisotopic (exact) mass is 366 g/mol. The summed E-state index contributed by atoms with van der Waals surface area (Å²) in [5.74, 6) is 0.835. The van der Waals surface area contributed by atoms with Crippen molar-refractivity contribution in [2.24, 2.45) is 0 Å². The number of aromatic nitrogens is 2. The molecule has 2 N–H and O–H groups in total. The van der Waals surface area contributed by atoms with Crippen LogP contribution in [0.1, 0.15) is 22.3 Å². The summed E-state index contributed by atoms with van der Waals surface area (Å²) in [6.07, 6.45) is 2.01. The van der Waals surface area contributed by atoms with Crippen molar-refractivity contribution in [1.82, 2.24) is 10.2 Å². The maximum Gasteiger partial charge on any atom is 0.256 e. The van der Waals surface area contributed by atoms with Crippen molar-refractivity contribution >= 4 is 29.1 Å². The minimum atomic E-state index is -0.250. The second-order valence-electron chi connectivity index (χ2n) is 5.78. The third-order valence-corrected chi connectivity index (χ3v) is 4.06. The molecule has 6 heteroatoms. The van der Waals surface area contributed by atoms with Crippen LogP contribution in [0, 0.1) is 0 Å². The summed E-state index contributed by atoms with van der Waals surface area (Å²) in [4.78, 5) is 12.1. The molecule has 26 heavy (non-hydrogen) atoms. The molecule has 0 radical (unpaired) electrons. The molecular formula is C20H19ClN4O. The number of nitrogens with zero attached hydrogens (tertiary/aromatic N) is 2. The Morgan fingerprint density at radius 3 is 2.27 bits per heavy atom. The van der Waals surface area contributed by atoms with E-state index in [1.807, 2.05) is 18.2 Å². The highest BCUT2D eigenvalue weighted by molar-refractivity contribution is 6.30. The summed E-state index contributed by atoms with van der Waals surface area (Å²) in [5.41, 5.74) is 1.83. The van der Waals surface area contributed by atoms with E-state index < -0.39 is 0 Å². The standard InChI is InChI=1S/C20H19ClN4O/c21-17-10-8-16(9-11-17)20(26)23-19-13-12-18(24-25-19)22-14-4-7-15-5-2-1-3-6-15/h1-3,5-6,8-13H,4,7,14H2,(H,22,24)(H,23,25,26). The molecule has 0 bridgehead atoms. The minimum Gasteiger partial charge on any atom is -0.369 e. The van der Waals surface area contributed by atoms with Crippen LogP contribution < -0.4 is 10.6 Å². The zero-order valence-electron chi connectivity index (χ0n) is 14.2. The first kappa shape index (κ1) is 17.9. The second kappa shape index (κ2) is 8.97. The van der Waals surface area contributed by atoms with E-state index in [9.17, 15) is 4.79 Å². The lowest BCUT2D eigenvalue weighted by Crippen LogP contribution is -2.13. The molecule has 132 valence electrons. The maximum absolute atomic E-state index is 12.1. The fraction of sp³-hybridized carbons (Fsp3) is 0.150. The number of benzene rings is 2. The Morgan fingerprint density at radius 1 is 0.885 bits per heavy atom. The molecule has 2 aromatic carbocycles. The topological polar surface area (TPSA) is 66.9 Å². The first-order chi connectivity index (χ1) is 12.7. The van der Waals surface area contributed by atoms with Gasteiger partial charge < -0.3 is 10.6 Å². The maximum atomic E-state index is 12.1. The molecule has 0 saturated heterocycles. The van der Waals surface area contributed by atoms with Gasteiger partial charge in [0, 0.05) is 17.1 Å². The number of anilines is 2. The Kier molecular flexibility index (Phi) is 6.17. The molecule has 0 atom stereocenters. The fourth-order valence-corrected chi connectivity index (χ4v) is 2.56. The molecule has 0 saturated carbocycles. The van der Waals surface area contributed by atoms with E-state index in [2.05, 4.69) is 33.0 Å². The SMILES string of the molecule is O=C(Nc1ccc(NCCCc2ccccc2)nn1)c1ccc(Cl)cc1. The van der Waals surface area contributed by atoms with Gasteiger partial charge >= 0.3 is 0 Å². The van der Waals surface area contributed by atoms with E-state index in [4.69, 9.17) is 11.6 Å². The van der Waals surface area contributed by atoms with Gasteiger partial charge in [-0.05, 0) is 54.8 Å². The molecule has 0 aliphatic heterocycles. The molecule has 0 spiro atoms.